The standard InChI is InChI=1S/C9H15N3O2S/c1-5(2)9-11-6(4-14-3)7(15-9)8(13)12-10/h5H,4,10H2,1-3H3,(H,12,13). The summed E-state index contributed by atoms with van der Waals surface area (Å²) >= 11 is 1.36. The molecular weight excluding hydrogens is 214 g/mol. The Bertz CT molecular complexity index is 349. The molecule has 0 aliphatic rings. The van der Waals surface area contributed by atoms with Crippen LogP contribution in [0, 0.1) is 0 Å². The van der Waals surface area contributed by atoms with Crippen LogP contribution in [0.5, 0.6) is 0 Å². The number of nitrogens with two attached hydrogens (primary N) is 1. The van der Waals surface area contributed by atoms with E-state index in [0.717, 1.165) is 5.01 Å². The average molecular weight is 229 g/mol. The highest BCUT2D eigenvalue weighted by molar-refractivity contribution is 7.13. The minimum Gasteiger partial charge on any atom is -0.378 e. The van der Waals surface area contributed by atoms with Gasteiger partial charge in [0, 0.05) is 13.0 Å². The van der Waals surface area contributed by atoms with E-state index in [1.807, 2.05) is 13.8 Å². The first-order valence-corrected chi connectivity index (χ1v) is 5.41. The number of aromatic nitrogens is 1. The summed E-state index contributed by atoms with van der Waals surface area (Å²) in [6.45, 7) is 4.38. The van der Waals surface area contributed by atoms with Gasteiger partial charge in [-0.1, -0.05) is 13.8 Å². The van der Waals surface area contributed by atoms with E-state index in [9.17, 15) is 4.79 Å². The number of hydrogen-bond donors (Lipinski definition) is 2. The first-order valence-electron chi connectivity index (χ1n) is 4.59. The highest BCUT2D eigenvalue weighted by Gasteiger charge is 2.18. The predicted molar refractivity (Wildman–Crippen MR) is 58.6 cm³/mol. The van der Waals surface area contributed by atoms with Crippen molar-refractivity contribution in [3.05, 3.63) is 15.6 Å². The molecule has 0 saturated heterocycles. The van der Waals surface area contributed by atoms with E-state index in [-0.39, 0.29) is 5.91 Å². The number of amides is 1. The lowest BCUT2D eigenvalue weighted by molar-refractivity contribution is 0.0952. The largest absolute Gasteiger partial charge is 0.378 e. The lowest BCUT2D eigenvalue weighted by atomic mass is 10.2. The zero-order valence-electron chi connectivity index (χ0n) is 9.03. The molecule has 1 amide bonds. The summed E-state index contributed by atoms with van der Waals surface area (Å²) in [5.41, 5.74) is 2.76. The van der Waals surface area contributed by atoms with Crippen molar-refractivity contribution in [3.8, 4) is 0 Å². The number of rotatable bonds is 4. The maximum absolute atomic E-state index is 11.4. The molecule has 0 saturated carbocycles. The zero-order chi connectivity index (χ0) is 11.4. The van der Waals surface area contributed by atoms with Crippen LogP contribution in [0.1, 0.15) is 40.1 Å². The molecule has 3 N–H and O–H groups in total. The number of ether oxygens (including phenoxy) is 1. The summed E-state index contributed by atoms with van der Waals surface area (Å²) in [5, 5.41) is 0.917. The van der Waals surface area contributed by atoms with Gasteiger partial charge in [0.1, 0.15) is 4.88 Å². The summed E-state index contributed by atoms with van der Waals surface area (Å²) in [6.07, 6.45) is 0. The van der Waals surface area contributed by atoms with Crippen LogP contribution in [-0.4, -0.2) is 18.0 Å². The van der Waals surface area contributed by atoms with Gasteiger partial charge in [-0.05, 0) is 0 Å². The van der Waals surface area contributed by atoms with Crippen molar-refractivity contribution in [1.29, 1.82) is 0 Å². The van der Waals surface area contributed by atoms with Crippen LogP contribution in [0.2, 0.25) is 0 Å². The third-order valence-corrected chi connectivity index (χ3v) is 3.22. The Morgan fingerprint density at radius 2 is 2.33 bits per heavy atom. The smallest absolute Gasteiger partial charge is 0.277 e. The van der Waals surface area contributed by atoms with Crippen LogP contribution in [0.3, 0.4) is 0 Å². The molecule has 84 valence electrons. The van der Waals surface area contributed by atoms with Crippen molar-refractivity contribution in [2.75, 3.05) is 7.11 Å². The molecule has 0 radical (unpaired) electrons. The lowest BCUT2D eigenvalue weighted by Gasteiger charge is -1.98. The van der Waals surface area contributed by atoms with Crippen molar-refractivity contribution < 1.29 is 9.53 Å². The number of nitrogen functional groups attached to an aromatic ring is 1. The number of methoxy groups -OCH3 is 1. The van der Waals surface area contributed by atoms with Gasteiger partial charge in [0.25, 0.3) is 5.91 Å². The van der Waals surface area contributed by atoms with Crippen LogP contribution in [0.4, 0.5) is 0 Å². The fourth-order valence-electron chi connectivity index (χ4n) is 1.09. The van der Waals surface area contributed by atoms with E-state index >= 15 is 0 Å². The van der Waals surface area contributed by atoms with Crippen LogP contribution in [0.25, 0.3) is 0 Å². The molecule has 0 aromatic carbocycles. The van der Waals surface area contributed by atoms with Crippen molar-refractivity contribution in [2.45, 2.75) is 26.4 Å². The molecule has 1 rings (SSSR count). The molecule has 0 unspecified atom stereocenters. The third-order valence-electron chi connectivity index (χ3n) is 1.83. The van der Waals surface area contributed by atoms with Crippen molar-refractivity contribution in [1.82, 2.24) is 10.4 Å². The second kappa shape index (κ2) is 5.20. The van der Waals surface area contributed by atoms with Gasteiger partial charge in [-0.25, -0.2) is 10.8 Å². The van der Waals surface area contributed by atoms with E-state index in [2.05, 4.69) is 10.4 Å². The average Bonchev–Trinajstić information content (AvgIpc) is 2.61. The highest BCUT2D eigenvalue weighted by Crippen LogP contribution is 2.25. The van der Waals surface area contributed by atoms with Gasteiger partial charge < -0.3 is 4.74 Å². The van der Waals surface area contributed by atoms with Crippen LogP contribution in [-0.2, 0) is 11.3 Å². The van der Waals surface area contributed by atoms with Crippen LogP contribution >= 0.6 is 11.3 Å². The molecule has 1 aromatic rings. The van der Waals surface area contributed by atoms with Gasteiger partial charge in [0.15, 0.2) is 0 Å². The molecule has 0 aliphatic heterocycles. The van der Waals surface area contributed by atoms with E-state index in [4.69, 9.17) is 10.6 Å². The number of nitrogens with zero attached hydrogens (tertiary/aromatic N) is 1. The summed E-state index contributed by atoms with van der Waals surface area (Å²) in [6, 6.07) is 0. The number of carbonyl (C=O) groups excluding carboxylic acids is 1. The highest BCUT2D eigenvalue weighted by atomic mass is 32.1. The molecule has 15 heavy (non-hydrogen) atoms. The fourth-order valence-corrected chi connectivity index (χ4v) is 2.07. The lowest BCUT2D eigenvalue weighted by Crippen LogP contribution is -2.30. The van der Waals surface area contributed by atoms with E-state index in [1.165, 1.54) is 11.3 Å². The Balaban J connectivity index is 3.05. The quantitative estimate of drug-likeness (QED) is 0.459. The maximum atomic E-state index is 11.4. The molecule has 0 spiro atoms. The Morgan fingerprint density at radius 1 is 1.67 bits per heavy atom. The Labute approximate surface area is 92.6 Å². The topological polar surface area (TPSA) is 77.2 Å². The van der Waals surface area contributed by atoms with Gasteiger partial charge in [-0.3, -0.25) is 10.2 Å². The van der Waals surface area contributed by atoms with Crippen molar-refractivity contribution in [2.24, 2.45) is 5.84 Å². The van der Waals surface area contributed by atoms with Crippen LogP contribution in [0.15, 0.2) is 0 Å². The maximum Gasteiger partial charge on any atom is 0.277 e. The second-order valence-electron chi connectivity index (χ2n) is 3.39. The zero-order valence-corrected chi connectivity index (χ0v) is 9.85. The van der Waals surface area contributed by atoms with Crippen molar-refractivity contribution >= 4 is 17.2 Å². The number of hydrazine groups is 1. The third kappa shape index (κ3) is 2.74. The number of hydrogen-bond acceptors (Lipinski definition) is 5. The Kier molecular flexibility index (Phi) is 4.19. The first-order chi connectivity index (χ1) is 7.10. The van der Waals surface area contributed by atoms with Gasteiger partial charge >= 0.3 is 0 Å². The first kappa shape index (κ1) is 12.1. The van der Waals surface area contributed by atoms with E-state index < -0.39 is 0 Å². The Morgan fingerprint density at radius 3 is 2.80 bits per heavy atom. The van der Waals surface area contributed by atoms with Gasteiger partial charge in [0.2, 0.25) is 0 Å². The summed E-state index contributed by atoms with van der Waals surface area (Å²) in [4.78, 5) is 16.3. The molecule has 1 heterocycles. The van der Waals surface area contributed by atoms with Crippen LogP contribution < -0.4 is 11.3 Å². The second-order valence-corrected chi connectivity index (χ2v) is 4.42. The molecule has 0 fully saturated rings. The minimum atomic E-state index is -0.313. The van der Waals surface area contributed by atoms with Gasteiger partial charge in [-0.2, -0.15) is 0 Å². The number of nitrogens with one attached hydrogen (secondary N) is 1. The number of carbonyl (C=O) groups is 1. The predicted octanol–water partition coefficient (Wildman–Crippen LogP) is 1.02. The Hall–Kier alpha value is -0.980. The summed E-state index contributed by atoms with van der Waals surface area (Å²) < 4.78 is 4.98. The summed E-state index contributed by atoms with van der Waals surface area (Å²) in [5.74, 6) is 5.08. The van der Waals surface area contributed by atoms with E-state index in [0.29, 0.717) is 23.1 Å². The molecule has 1 aromatic heterocycles. The molecule has 0 atom stereocenters. The molecule has 0 bridgehead atoms. The monoisotopic (exact) mass is 229 g/mol. The fraction of sp³-hybridized carbons (Fsp3) is 0.556. The normalized spacial score (nSPS) is 10.7. The summed E-state index contributed by atoms with van der Waals surface area (Å²) in [7, 11) is 1.57. The van der Waals surface area contributed by atoms with E-state index in [1.54, 1.807) is 7.11 Å². The molecule has 0 aliphatic carbocycles. The SMILES string of the molecule is COCc1nc(C(C)C)sc1C(=O)NN. The number of thiazole rings is 1. The van der Waals surface area contributed by atoms with Gasteiger partial charge in [-0.15, -0.1) is 11.3 Å². The van der Waals surface area contributed by atoms with Crippen molar-refractivity contribution in [3.63, 3.8) is 0 Å². The van der Waals surface area contributed by atoms with Gasteiger partial charge in [0.05, 0.1) is 17.3 Å². The molecule has 5 nitrogen and oxygen atoms in total. The molecular formula is C9H15N3O2S. The minimum absolute atomic E-state index is 0.296. The molecule has 6 heteroatoms.